The smallest absolute Gasteiger partial charge is 0.389 e. The molecule has 0 aromatic heterocycles. The van der Waals surface area contributed by atoms with Gasteiger partial charge in [-0.15, -0.1) is 0 Å². The molecule has 0 aliphatic heterocycles. The molecule has 0 aromatic carbocycles. The molecule has 0 aromatic rings. The maximum absolute atomic E-state index is 11.9. The number of hydrogen-bond acceptors (Lipinski definition) is 3. The normalized spacial score (nSPS) is 17.7. The second-order valence-corrected chi connectivity index (χ2v) is 6.14. The highest BCUT2D eigenvalue weighted by atomic mass is 32.2. The Kier molecular flexibility index (Phi) is 4.79. The highest BCUT2D eigenvalue weighted by molar-refractivity contribution is 7.89. The first-order valence-electron chi connectivity index (χ1n) is 5.43. The summed E-state index contributed by atoms with van der Waals surface area (Å²) >= 11 is 0. The van der Waals surface area contributed by atoms with Crippen molar-refractivity contribution < 1.29 is 26.7 Å². The van der Waals surface area contributed by atoms with E-state index >= 15 is 0 Å². The SMILES string of the molecule is O=S(=O)(CCCC(F)(F)F)N(CCO)C1CC1. The maximum atomic E-state index is 11.9. The Bertz CT molecular complexity index is 338. The summed E-state index contributed by atoms with van der Waals surface area (Å²) in [4.78, 5) is 0. The molecule has 0 bridgehead atoms. The van der Waals surface area contributed by atoms with Gasteiger partial charge >= 0.3 is 6.18 Å². The number of aliphatic hydroxyl groups excluding tert-OH is 1. The van der Waals surface area contributed by atoms with E-state index in [0.717, 1.165) is 17.1 Å². The molecule has 0 heterocycles. The van der Waals surface area contributed by atoms with Crippen molar-refractivity contribution in [2.75, 3.05) is 18.9 Å². The summed E-state index contributed by atoms with van der Waals surface area (Å²) in [6.07, 6.45) is -4.40. The number of hydrogen-bond donors (Lipinski definition) is 1. The van der Waals surface area contributed by atoms with Crippen molar-refractivity contribution in [2.24, 2.45) is 0 Å². The minimum atomic E-state index is -4.32. The zero-order chi connectivity index (χ0) is 13.1. The van der Waals surface area contributed by atoms with Gasteiger partial charge < -0.3 is 5.11 Å². The van der Waals surface area contributed by atoms with Crippen LogP contribution in [0.5, 0.6) is 0 Å². The number of alkyl halides is 3. The molecule has 1 aliphatic rings. The second kappa shape index (κ2) is 5.53. The van der Waals surface area contributed by atoms with Crippen molar-refractivity contribution >= 4 is 10.0 Å². The van der Waals surface area contributed by atoms with Gasteiger partial charge in [0.1, 0.15) is 0 Å². The molecule has 0 saturated heterocycles. The van der Waals surface area contributed by atoms with E-state index in [1.807, 2.05) is 0 Å². The van der Waals surface area contributed by atoms with Crippen LogP contribution in [0.25, 0.3) is 0 Å². The lowest BCUT2D eigenvalue weighted by Crippen LogP contribution is -2.37. The molecule has 17 heavy (non-hydrogen) atoms. The highest BCUT2D eigenvalue weighted by Gasteiger charge is 2.37. The summed E-state index contributed by atoms with van der Waals surface area (Å²) in [5.74, 6) is -0.511. The van der Waals surface area contributed by atoms with Gasteiger partial charge in [0.2, 0.25) is 10.0 Å². The summed E-state index contributed by atoms with van der Waals surface area (Å²) in [6.45, 7) is -0.339. The molecule has 0 unspecified atom stereocenters. The van der Waals surface area contributed by atoms with Gasteiger partial charge in [0.05, 0.1) is 12.4 Å². The lowest BCUT2D eigenvalue weighted by Gasteiger charge is -2.20. The molecule has 102 valence electrons. The van der Waals surface area contributed by atoms with Crippen LogP contribution in [0.15, 0.2) is 0 Å². The molecule has 0 amide bonds. The minimum absolute atomic E-state index is 0.0288. The molecule has 1 rings (SSSR count). The first-order chi connectivity index (χ1) is 7.76. The first-order valence-corrected chi connectivity index (χ1v) is 7.04. The minimum Gasteiger partial charge on any atom is -0.395 e. The second-order valence-electron chi connectivity index (χ2n) is 4.10. The number of rotatable bonds is 7. The van der Waals surface area contributed by atoms with Gasteiger partial charge in [-0.25, -0.2) is 8.42 Å². The predicted molar refractivity (Wildman–Crippen MR) is 55.9 cm³/mol. The molecular weight excluding hydrogens is 259 g/mol. The monoisotopic (exact) mass is 275 g/mol. The lowest BCUT2D eigenvalue weighted by atomic mass is 10.3. The summed E-state index contributed by atoms with van der Waals surface area (Å²) in [5.41, 5.74) is 0. The fraction of sp³-hybridized carbons (Fsp3) is 1.00. The summed E-state index contributed by atoms with van der Waals surface area (Å²) in [7, 11) is -3.67. The van der Waals surface area contributed by atoms with Gasteiger partial charge in [-0.2, -0.15) is 17.5 Å². The first kappa shape index (κ1) is 14.7. The Morgan fingerprint density at radius 3 is 2.29 bits per heavy atom. The third-order valence-corrected chi connectivity index (χ3v) is 4.49. The molecule has 4 nitrogen and oxygen atoms in total. The molecular formula is C9H16F3NO3S. The number of aliphatic hydroxyl groups is 1. The topological polar surface area (TPSA) is 57.6 Å². The van der Waals surface area contributed by atoms with Crippen molar-refractivity contribution in [3.8, 4) is 0 Å². The van der Waals surface area contributed by atoms with Crippen LogP contribution in [0.2, 0.25) is 0 Å². The van der Waals surface area contributed by atoms with E-state index in [1.54, 1.807) is 0 Å². The van der Waals surface area contributed by atoms with Crippen molar-refractivity contribution in [3.63, 3.8) is 0 Å². The highest BCUT2D eigenvalue weighted by Crippen LogP contribution is 2.30. The van der Waals surface area contributed by atoms with E-state index < -0.39 is 34.8 Å². The molecule has 0 radical (unpaired) electrons. The van der Waals surface area contributed by atoms with Gasteiger partial charge in [-0.3, -0.25) is 0 Å². The third kappa shape index (κ3) is 5.22. The zero-order valence-corrected chi connectivity index (χ0v) is 10.1. The van der Waals surface area contributed by atoms with Gasteiger partial charge in [0, 0.05) is 19.0 Å². The van der Waals surface area contributed by atoms with Crippen molar-refractivity contribution in [2.45, 2.75) is 37.9 Å². The predicted octanol–water partition coefficient (Wildman–Crippen LogP) is 1.12. The van der Waals surface area contributed by atoms with Crippen LogP contribution in [0, 0.1) is 0 Å². The van der Waals surface area contributed by atoms with Crippen LogP contribution in [0.1, 0.15) is 25.7 Å². The van der Waals surface area contributed by atoms with Crippen LogP contribution >= 0.6 is 0 Å². The molecule has 0 atom stereocenters. The Labute approximate surface area is 98.5 Å². The zero-order valence-electron chi connectivity index (χ0n) is 9.28. The Balaban J connectivity index is 2.48. The fourth-order valence-electron chi connectivity index (χ4n) is 1.58. The quantitative estimate of drug-likeness (QED) is 0.757. The molecule has 1 fully saturated rings. The van der Waals surface area contributed by atoms with Gasteiger partial charge in [0.25, 0.3) is 0 Å². The standard InChI is InChI=1S/C9H16F3NO3S/c10-9(11,12)4-1-7-17(15,16)13(5-6-14)8-2-3-8/h8,14H,1-7H2. The van der Waals surface area contributed by atoms with Crippen molar-refractivity contribution in [3.05, 3.63) is 0 Å². The van der Waals surface area contributed by atoms with E-state index in [4.69, 9.17) is 5.11 Å². The van der Waals surface area contributed by atoms with Crippen molar-refractivity contribution in [1.82, 2.24) is 4.31 Å². The largest absolute Gasteiger partial charge is 0.395 e. The molecule has 0 spiro atoms. The van der Waals surface area contributed by atoms with E-state index in [1.165, 1.54) is 0 Å². The maximum Gasteiger partial charge on any atom is 0.389 e. The van der Waals surface area contributed by atoms with E-state index in [0.29, 0.717) is 0 Å². The molecule has 1 saturated carbocycles. The summed E-state index contributed by atoms with van der Waals surface area (Å²) < 4.78 is 60.3. The van der Waals surface area contributed by atoms with Crippen molar-refractivity contribution in [1.29, 1.82) is 0 Å². The van der Waals surface area contributed by atoms with Gasteiger partial charge in [-0.1, -0.05) is 0 Å². The van der Waals surface area contributed by atoms with E-state index in [2.05, 4.69) is 0 Å². The average molecular weight is 275 g/mol. The number of halogens is 3. The van der Waals surface area contributed by atoms with Crippen LogP contribution < -0.4 is 0 Å². The lowest BCUT2D eigenvalue weighted by molar-refractivity contribution is -0.134. The van der Waals surface area contributed by atoms with Gasteiger partial charge in [0.15, 0.2) is 0 Å². The molecule has 1 N–H and O–H groups in total. The van der Waals surface area contributed by atoms with Crippen LogP contribution in [-0.2, 0) is 10.0 Å². The average Bonchev–Trinajstić information content (AvgIpc) is 2.94. The summed E-state index contributed by atoms with van der Waals surface area (Å²) in [5, 5.41) is 8.75. The Morgan fingerprint density at radius 2 is 1.88 bits per heavy atom. The van der Waals surface area contributed by atoms with Crippen LogP contribution in [0.3, 0.4) is 0 Å². The number of sulfonamides is 1. The van der Waals surface area contributed by atoms with Crippen LogP contribution in [-0.4, -0.2) is 49.0 Å². The fourth-order valence-corrected chi connectivity index (χ4v) is 3.35. The molecule has 8 heteroatoms. The summed E-state index contributed by atoms with van der Waals surface area (Å²) in [6, 6.07) is -0.127. The van der Waals surface area contributed by atoms with Crippen LogP contribution in [0.4, 0.5) is 13.2 Å². The third-order valence-electron chi connectivity index (χ3n) is 2.49. The number of nitrogens with zero attached hydrogens (tertiary/aromatic N) is 1. The van der Waals surface area contributed by atoms with E-state index in [-0.39, 0.29) is 19.2 Å². The Hall–Kier alpha value is -0.340. The van der Waals surface area contributed by atoms with Gasteiger partial charge in [-0.05, 0) is 19.3 Å². The Morgan fingerprint density at radius 1 is 1.29 bits per heavy atom. The molecule has 1 aliphatic carbocycles. The van der Waals surface area contributed by atoms with E-state index in [9.17, 15) is 21.6 Å².